The minimum absolute atomic E-state index is 0.000285. The highest BCUT2D eigenvalue weighted by Gasteiger charge is 2.41. The van der Waals surface area contributed by atoms with E-state index < -0.39 is 28.5 Å². The minimum Gasteiger partial charge on any atom is -0.455 e. The van der Waals surface area contributed by atoms with Crippen molar-refractivity contribution in [3.05, 3.63) is 24.3 Å². The van der Waals surface area contributed by atoms with E-state index in [0.717, 1.165) is 25.7 Å². The van der Waals surface area contributed by atoms with E-state index in [2.05, 4.69) is 15.0 Å². The average molecular weight is 462 g/mol. The van der Waals surface area contributed by atoms with Crippen LogP contribution in [0.1, 0.15) is 44.9 Å². The number of fused-ring (bicyclic) bond motifs is 2. The number of sulfonamides is 1. The molecule has 1 heterocycles. The Kier molecular flexibility index (Phi) is 6.59. The predicted octanol–water partition coefficient (Wildman–Crippen LogP) is 2.03. The van der Waals surface area contributed by atoms with Gasteiger partial charge in [0.25, 0.3) is 15.9 Å². The van der Waals surface area contributed by atoms with Crippen LogP contribution < -0.4 is 10.0 Å². The molecule has 0 spiro atoms. The van der Waals surface area contributed by atoms with E-state index in [1.807, 2.05) is 0 Å². The van der Waals surface area contributed by atoms with Gasteiger partial charge in [0.2, 0.25) is 0 Å². The second kappa shape index (κ2) is 9.40. The zero-order valence-corrected chi connectivity index (χ0v) is 18.5. The van der Waals surface area contributed by atoms with Gasteiger partial charge in [-0.25, -0.2) is 8.42 Å². The first-order chi connectivity index (χ1) is 15.3. The summed E-state index contributed by atoms with van der Waals surface area (Å²) in [4.78, 5) is 41.0. The maximum absolute atomic E-state index is 12.5. The predicted molar refractivity (Wildman–Crippen MR) is 116 cm³/mol. The van der Waals surface area contributed by atoms with Crippen molar-refractivity contribution < 1.29 is 27.5 Å². The van der Waals surface area contributed by atoms with Gasteiger partial charge in [0.15, 0.2) is 6.61 Å². The molecule has 172 valence electrons. The molecule has 3 aliphatic rings. The fourth-order valence-corrected chi connectivity index (χ4v) is 5.84. The average Bonchev–Trinajstić information content (AvgIpc) is 3.24. The Morgan fingerprint density at radius 3 is 2.56 bits per heavy atom. The van der Waals surface area contributed by atoms with Crippen LogP contribution in [-0.2, 0) is 29.1 Å². The molecule has 2 N–H and O–H groups in total. The highest BCUT2D eigenvalue weighted by molar-refractivity contribution is 7.90. The molecule has 2 unspecified atom stereocenters. The quantitative estimate of drug-likeness (QED) is 0.623. The van der Waals surface area contributed by atoms with Crippen molar-refractivity contribution in [2.24, 2.45) is 22.7 Å². The number of rotatable bonds is 6. The number of carbonyl (C=O) groups excluding carboxylic acids is 3. The number of hydrogen-bond acceptors (Lipinski definition) is 7. The molecule has 1 aromatic rings. The van der Waals surface area contributed by atoms with Gasteiger partial charge in [-0.1, -0.05) is 12.5 Å². The lowest BCUT2D eigenvalue weighted by atomic mass is 9.67. The molecule has 32 heavy (non-hydrogen) atoms. The van der Waals surface area contributed by atoms with Gasteiger partial charge >= 0.3 is 5.97 Å². The van der Waals surface area contributed by atoms with E-state index in [0.29, 0.717) is 31.6 Å². The number of hydrogen-bond donors (Lipinski definition) is 2. The molecule has 10 heteroatoms. The van der Waals surface area contributed by atoms with Crippen molar-refractivity contribution in [3.8, 4) is 0 Å². The maximum Gasteiger partial charge on any atom is 0.309 e. The summed E-state index contributed by atoms with van der Waals surface area (Å²) in [6.07, 6.45) is 5.04. The van der Waals surface area contributed by atoms with Crippen molar-refractivity contribution in [2.75, 3.05) is 18.5 Å². The summed E-state index contributed by atoms with van der Waals surface area (Å²) in [6.45, 7) is 0.135. The van der Waals surface area contributed by atoms with Crippen LogP contribution in [-0.4, -0.2) is 45.1 Å². The molecule has 2 atom stereocenters. The molecule has 2 fully saturated rings. The Bertz CT molecular complexity index is 1040. The standard InChI is InChI=1S/C22H27N3O6S/c26-20(13-31-22(28)16-10-14-4-1-5-15(11-16)21(14)27)24-17-6-2-7-18(12-17)32(29,30)25-19-8-3-9-23-19/h2,6-7,12,14-16H,1,3-5,8-11,13H2,(H,23,25)(H,24,26). The number of nitrogens with zero attached hydrogens (tertiary/aromatic N) is 1. The molecule has 4 rings (SSSR count). The van der Waals surface area contributed by atoms with E-state index in [1.165, 1.54) is 18.2 Å². The summed E-state index contributed by atoms with van der Waals surface area (Å²) in [5.41, 5.74) is 0.278. The second-order valence-corrected chi connectivity index (χ2v) is 10.3. The van der Waals surface area contributed by atoms with Gasteiger partial charge in [-0.05, 0) is 50.3 Å². The summed E-state index contributed by atoms with van der Waals surface area (Å²) in [7, 11) is -3.80. The van der Waals surface area contributed by atoms with Crippen LogP contribution >= 0.6 is 0 Å². The van der Waals surface area contributed by atoms with Gasteiger partial charge in [-0.15, -0.1) is 0 Å². The van der Waals surface area contributed by atoms with Crippen molar-refractivity contribution in [1.82, 2.24) is 4.72 Å². The van der Waals surface area contributed by atoms with Crippen LogP contribution in [0.4, 0.5) is 5.69 Å². The molecule has 1 amide bonds. The number of amidine groups is 1. The third-order valence-corrected chi connectivity index (χ3v) is 7.66. The topological polar surface area (TPSA) is 131 Å². The van der Waals surface area contributed by atoms with E-state index >= 15 is 0 Å². The molecule has 9 nitrogen and oxygen atoms in total. The number of ether oxygens (including phenoxy) is 1. The molecule has 2 bridgehead atoms. The molecule has 1 aromatic carbocycles. The number of anilines is 1. The van der Waals surface area contributed by atoms with E-state index in [9.17, 15) is 22.8 Å². The number of esters is 1. The number of Topliss-reactive ketones (excluding diaryl/α,β-unsaturated/α-hetero) is 1. The summed E-state index contributed by atoms with van der Waals surface area (Å²) < 4.78 is 32.7. The molecular formula is C22H27N3O6S. The molecule has 0 aromatic heterocycles. The van der Waals surface area contributed by atoms with Gasteiger partial charge in [0.1, 0.15) is 11.6 Å². The molecular weight excluding hydrogens is 434 g/mol. The first-order valence-electron chi connectivity index (χ1n) is 11.0. The van der Waals surface area contributed by atoms with Crippen molar-refractivity contribution >= 4 is 39.2 Å². The Labute approximate surface area is 187 Å². The van der Waals surface area contributed by atoms with Crippen LogP contribution in [0.25, 0.3) is 0 Å². The Morgan fingerprint density at radius 2 is 1.88 bits per heavy atom. The van der Waals surface area contributed by atoms with E-state index in [1.54, 1.807) is 6.07 Å². The second-order valence-electron chi connectivity index (χ2n) is 8.62. The van der Waals surface area contributed by atoms with Crippen LogP contribution in [0.2, 0.25) is 0 Å². The lowest BCUT2D eigenvalue weighted by Crippen LogP contribution is -2.40. The zero-order chi connectivity index (χ0) is 22.7. The van der Waals surface area contributed by atoms with E-state index in [4.69, 9.17) is 4.74 Å². The number of aliphatic imine (C=N–C) groups is 1. The number of amides is 1. The maximum atomic E-state index is 12.5. The first-order valence-corrected chi connectivity index (χ1v) is 12.5. The summed E-state index contributed by atoms with van der Waals surface area (Å²) in [6, 6.07) is 5.84. The summed E-state index contributed by atoms with van der Waals surface area (Å²) >= 11 is 0. The third kappa shape index (κ3) is 5.17. The fourth-order valence-electron chi connectivity index (χ4n) is 4.70. The smallest absolute Gasteiger partial charge is 0.309 e. The highest BCUT2D eigenvalue weighted by Crippen LogP contribution is 2.40. The largest absolute Gasteiger partial charge is 0.455 e. The van der Waals surface area contributed by atoms with Gasteiger partial charge in [-0.2, -0.15) is 0 Å². The van der Waals surface area contributed by atoms with Gasteiger partial charge in [-0.3, -0.25) is 24.1 Å². The monoisotopic (exact) mass is 461 g/mol. The lowest BCUT2D eigenvalue weighted by molar-refractivity contribution is -0.155. The lowest BCUT2D eigenvalue weighted by Gasteiger charge is -2.36. The number of benzene rings is 1. The first kappa shape index (κ1) is 22.4. The Hall–Kier alpha value is -2.75. The Morgan fingerprint density at radius 1 is 1.12 bits per heavy atom. The SMILES string of the molecule is O=C(COC(=O)C1CC2CCCC(C1)C2=O)Nc1cccc(S(=O)(=O)NC2=NCCC2)c1. The van der Waals surface area contributed by atoms with Gasteiger partial charge in [0.05, 0.1) is 10.8 Å². The van der Waals surface area contributed by atoms with Crippen molar-refractivity contribution in [1.29, 1.82) is 0 Å². The fraction of sp³-hybridized carbons (Fsp3) is 0.545. The normalized spacial score (nSPS) is 25.1. The van der Waals surface area contributed by atoms with Crippen molar-refractivity contribution in [3.63, 3.8) is 0 Å². The summed E-state index contributed by atoms with van der Waals surface area (Å²) in [5.74, 6) is -0.809. The zero-order valence-electron chi connectivity index (χ0n) is 17.7. The van der Waals surface area contributed by atoms with Crippen LogP contribution in [0.3, 0.4) is 0 Å². The summed E-state index contributed by atoms with van der Waals surface area (Å²) in [5, 5.41) is 2.56. The third-order valence-electron chi connectivity index (χ3n) is 6.28. The van der Waals surface area contributed by atoms with Gasteiger partial charge in [0, 0.05) is 30.5 Å². The number of ketones is 1. The van der Waals surface area contributed by atoms with Crippen LogP contribution in [0, 0.1) is 17.8 Å². The minimum atomic E-state index is -3.80. The van der Waals surface area contributed by atoms with Crippen molar-refractivity contribution in [2.45, 2.75) is 49.8 Å². The molecule has 0 saturated heterocycles. The molecule has 2 aliphatic carbocycles. The number of nitrogens with one attached hydrogen (secondary N) is 2. The van der Waals surface area contributed by atoms with Gasteiger partial charge < -0.3 is 10.1 Å². The van der Waals surface area contributed by atoms with Crippen LogP contribution in [0.5, 0.6) is 0 Å². The number of carbonyl (C=O) groups is 3. The molecule has 0 radical (unpaired) electrons. The Balaban J connectivity index is 1.30. The highest BCUT2D eigenvalue weighted by atomic mass is 32.2. The van der Waals surface area contributed by atoms with Crippen LogP contribution in [0.15, 0.2) is 34.2 Å². The molecule has 1 aliphatic heterocycles. The molecule has 2 saturated carbocycles. The van der Waals surface area contributed by atoms with E-state index in [-0.39, 0.29) is 34.1 Å².